The number of hydrogen-bond acceptors (Lipinski definition) is 5. The van der Waals surface area contributed by atoms with Gasteiger partial charge in [0.15, 0.2) is 5.90 Å². The minimum atomic E-state index is -3.69. The first-order valence-electron chi connectivity index (χ1n) is 11.2. The second-order valence-corrected chi connectivity index (χ2v) is 9.77. The van der Waals surface area contributed by atoms with Crippen LogP contribution in [-0.4, -0.2) is 20.9 Å². The molecule has 1 unspecified atom stereocenters. The summed E-state index contributed by atoms with van der Waals surface area (Å²) in [6.45, 7) is 13.5. The highest BCUT2D eigenvalue weighted by Crippen LogP contribution is 2.37. The highest BCUT2D eigenvalue weighted by Gasteiger charge is 2.33. The molecule has 1 fully saturated rings. The van der Waals surface area contributed by atoms with Crippen LogP contribution in [0.15, 0.2) is 35.0 Å². The summed E-state index contributed by atoms with van der Waals surface area (Å²) >= 11 is 0. The van der Waals surface area contributed by atoms with Crippen LogP contribution in [0.25, 0.3) is 0 Å². The van der Waals surface area contributed by atoms with Gasteiger partial charge in [-0.1, -0.05) is 65.2 Å². The highest BCUT2D eigenvalue weighted by molar-refractivity contribution is 7.90. The van der Waals surface area contributed by atoms with Gasteiger partial charge >= 0.3 is 0 Å². The van der Waals surface area contributed by atoms with Crippen molar-refractivity contribution >= 4 is 16.0 Å². The Morgan fingerprint density at radius 1 is 1.13 bits per heavy atom. The molecule has 0 aliphatic heterocycles. The van der Waals surface area contributed by atoms with Crippen molar-refractivity contribution in [2.75, 3.05) is 6.61 Å². The van der Waals surface area contributed by atoms with E-state index in [0.29, 0.717) is 30.4 Å². The van der Waals surface area contributed by atoms with Crippen LogP contribution >= 0.6 is 0 Å². The number of hydrogen-bond donors (Lipinski definition) is 1. The lowest BCUT2D eigenvalue weighted by molar-refractivity contribution is 0.244. The van der Waals surface area contributed by atoms with Crippen molar-refractivity contribution < 1.29 is 17.3 Å². The first-order chi connectivity index (χ1) is 14.1. The molecule has 6 heteroatoms. The quantitative estimate of drug-likeness (QED) is 0.0977. The summed E-state index contributed by atoms with van der Waals surface area (Å²) in [4.78, 5) is 0.243. The fraction of sp³-hybridized carbons (Fsp3) is 0.708. The minimum Gasteiger partial charge on any atom is -0.448 e. The van der Waals surface area contributed by atoms with Gasteiger partial charge in [-0.3, -0.25) is 9.59 Å². The third kappa shape index (κ3) is 10.6. The number of ether oxygens (including phenoxy) is 1. The van der Waals surface area contributed by atoms with Crippen LogP contribution in [0.4, 0.5) is 0 Å². The van der Waals surface area contributed by atoms with Crippen LogP contribution in [0.3, 0.4) is 0 Å². The Morgan fingerprint density at radius 2 is 1.73 bits per heavy atom. The average Bonchev–Trinajstić information content (AvgIpc) is 2.71. The Kier molecular flexibility index (Phi) is 13.9. The van der Waals surface area contributed by atoms with Crippen LogP contribution in [0, 0.1) is 16.7 Å². The summed E-state index contributed by atoms with van der Waals surface area (Å²) in [5.41, 5.74) is -0.181. The third-order valence-corrected chi connectivity index (χ3v) is 6.68. The number of rotatable bonds is 10. The van der Waals surface area contributed by atoms with Gasteiger partial charge in [0.2, 0.25) is 0 Å². The maximum atomic E-state index is 12.2. The molecule has 0 spiro atoms. The Hall–Kier alpha value is -1.40. The molecule has 0 radical (unpaired) electrons. The molecule has 5 nitrogen and oxygen atoms in total. The number of nitrogens with one attached hydrogen (secondary N) is 1. The monoisotopic (exact) mass is 441 g/mol. The normalized spacial score (nSPS) is 18.5. The predicted molar refractivity (Wildman–Crippen MR) is 127 cm³/mol. The summed E-state index contributed by atoms with van der Waals surface area (Å²) in [5.74, 6) is 1.22. The van der Waals surface area contributed by atoms with Crippen molar-refractivity contribution in [3.8, 4) is 0 Å². The molecular weight excluding hydrogens is 398 g/mol. The zero-order chi connectivity index (χ0) is 23.2. The van der Waals surface area contributed by atoms with E-state index in [1.165, 1.54) is 6.42 Å². The maximum absolute atomic E-state index is 12.2. The first-order valence-corrected chi connectivity index (χ1v) is 12.6. The van der Waals surface area contributed by atoms with Gasteiger partial charge in [0.25, 0.3) is 10.1 Å². The minimum absolute atomic E-state index is 0.0588. The molecule has 1 N–H and O–H groups in total. The maximum Gasteiger partial charge on any atom is 0.292 e. The van der Waals surface area contributed by atoms with Crippen LogP contribution in [-0.2, 0) is 19.0 Å². The lowest BCUT2D eigenvalue weighted by atomic mass is 9.75. The SMILES string of the molecule is C/C=C\C(C)C/C=C(\C)S(=O)(=O)OCC/C=C(\C)OC(=N)C1(C)CCCCC1.CC. The van der Waals surface area contributed by atoms with E-state index in [9.17, 15) is 8.42 Å². The zero-order valence-electron chi connectivity index (χ0n) is 20.1. The van der Waals surface area contributed by atoms with E-state index < -0.39 is 10.1 Å². The van der Waals surface area contributed by atoms with Crippen LogP contribution in [0.1, 0.15) is 93.4 Å². The van der Waals surface area contributed by atoms with E-state index in [0.717, 1.165) is 25.7 Å². The van der Waals surface area contributed by atoms with E-state index in [1.54, 1.807) is 26.0 Å². The highest BCUT2D eigenvalue weighted by atomic mass is 32.2. The van der Waals surface area contributed by atoms with Crippen molar-refractivity contribution in [2.24, 2.45) is 11.3 Å². The van der Waals surface area contributed by atoms with Gasteiger partial charge in [0, 0.05) is 5.41 Å². The molecule has 1 aliphatic rings. The van der Waals surface area contributed by atoms with Gasteiger partial charge in [-0.15, -0.1) is 0 Å². The molecule has 1 aliphatic carbocycles. The van der Waals surface area contributed by atoms with Gasteiger partial charge in [0.05, 0.1) is 17.3 Å². The fourth-order valence-electron chi connectivity index (χ4n) is 3.26. The third-order valence-electron chi connectivity index (χ3n) is 5.25. The van der Waals surface area contributed by atoms with Gasteiger partial charge in [-0.2, -0.15) is 8.42 Å². The second-order valence-electron chi connectivity index (χ2n) is 7.99. The molecule has 0 aromatic carbocycles. The lowest BCUT2D eigenvalue weighted by Gasteiger charge is -2.33. The Labute approximate surface area is 185 Å². The molecule has 30 heavy (non-hydrogen) atoms. The summed E-state index contributed by atoms with van der Waals surface area (Å²) in [6, 6.07) is 0. The van der Waals surface area contributed by atoms with E-state index in [1.807, 2.05) is 39.8 Å². The predicted octanol–water partition coefficient (Wildman–Crippen LogP) is 7.12. The van der Waals surface area contributed by atoms with Crippen molar-refractivity contribution in [1.82, 2.24) is 0 Å². The van der Waals surface area contributed by atoms with Crippen molar-refractivity contribution in [3.05, 3.63) is 35.0 Å². The molecule has 0 heterocycles. The molecule has 1 atom stereocenters. The summed E-state index contributed by atoms with van der Waals surface area (Å²) in [6.07, 6.45) is 14.0. The topological polar surface area (TPSA) is 76.5 Å². The Balaban J connectivity index is 0.00000407. The second kappa shape index (κ2) is 14.6. The Bertz CT molecular complexity index is 699. The molecule has 0 aromatic rings. The van der Waals surface area contributed by atoms with Gasteiger partial charge in [-0.05, 0) is 58.4 Å². The van der Waals surface area contributed by atoms with Crippen molar-refractivity contribution in [1.29, 1.82) is 5.41 Å². The largest absolute Gasteiger partial charge is 0.448 e. The standard InChI is InChI=1S/C22H37NO4S.C2H6/c1-6-11-18(2)13-14-20(4)28(24,25)26-17-10-12-19(3)27-21(23)22(5)15-8-7-9-16-22;1-2/h6,11-12,14,18,23H,7-10,13,15-17H2,1-5H3;1-2H3/b11-6-,19-12+,20-14+,23-21?;. The summed E-state index contributed by atoms with van der Waals surface area (Å²) in [7, 11) is -3.69. The Morgan fingerprint density at radius 3 is 2.30 bits per heavy atom. The van der Waals surface area contributed by atoms with Crippen LogP contribution in [0.2, 0.25) is 0 Å². The van der Waals surface area contributed by atoms with Gasteiger partial charge in [0.1, 0.15) is 0 Å². The summed E-state index contributed by atoms with van der Waals surface area (Å²) < 4.78 is 35.1. The molecule has 0 bridgehead atoms. The molecule has 1 rings (SSSR count). The summed E-state index contributed by atoms with van der Waals surface area (Å²) in [5, 5.41) is 8.25. The van der Waals surface area contributed by atoms with E-state index in [-0.39, 0.29) is 16.9 Å². The van der Waals surface area contributed by atoms with E-state index in [4.69, 9.17) is 14.3 Å². The number of allylic oxidation sites excluding steroid dienone is 5. The first kappa shape index (κ1) is 28.6. The molecule has 0 saturated heterocycles. The molecular formula is C24H43NO4S. The van der Waals surface area contributed by atoms with Crippen molar-refractivity contribution in [3.63, 3.8) is 0 Å². The van der Waals surface area contributed by atoms with Crippen LogP contribution < -0.4 is 0 Å². The van der Waals surface area contributed by atoms with Crippen LogP contribution in [0.5, 0.6) is 0 Å². The van der Waals surface area contributed by atoms with Crippen molar-refractivity contribution in [2.45, 2.75) is 93.4 Å². The smallest absolute Gasteiger partial charge is 0.292 e. The van der Waals surface area contributed by atoms with E-state index >= 15 is 0 Å². The average molecular weight is 442 g/mol. The zero-order valence-corrected chi connectivity index (χ0v) is 20.9. The molecule has 174 valence electrons. The fourth-order valence-corrected chi connectivity index (χ4v) is 4.06. The molecule has 0 amide bonds. The molecule has 0 aromatic heterocycles. The lowest BCUT2D eigenvalue weighted by Crippen LogP contribution is -2.31. The van der Waals surface area contributed by atoms with Gasteiger partial charge in [-0.25, -0.2) is 0 Å². The van der Waals surface area contributed by atoms with E-state index in [2.05, 4.69) is 6.92 Å². The molecule has 1 saturated carbocycles. The van der Waals surface area contributed by atoms with Gasteiger partial charge < -0.3 is 4.74 Å².